The molecule has 0 aliphatic carbocycles. The number of rotatable bonds is 2. The Morgan fingerprint density at radius 1 is 1.18 bits per heavy atom. The molecule has 1 saturated heterocycles. The summed E-state index contributed by atoms with van der Waals surface area (Å²) in [6.07, 6.45) is 0.106. The minimum absolute atomic E-state index is 0.0803. The molecule has 28 heavy (non-hydrogen) atoms. The van der Waals surface area contributed by atoms with Crippen LogP contribution in [0.1, 0.15) is 29.0 Å². The van der Waals surface area contributed by atoms with Crippen LogP contribution < -0.4 is 4.90 Å². The van der Waals surface area contributed by atoms with Crippen LogP contribution in [0.3, 0.4) is 0 Å². The number of fused-ring (bicyclic) bond motifs is 1. The number of nitriles is 1. The Hall–Kier alpha value is -2.78. The van der Waals surface area contributed by atoms with Crippen molar-refractivity contribution in [3.05, 3.63) is 75.6 Å². The average molecular weight is 393 g/mol. The summed E-state index contributed by atoms with van der Waals surface area (Å²) < 4.78 is 14.3. The molecule has 0 bridgehead atoms. The quantitative estimate of drug-likeness (QED) is 0.744. The predicted octanol–water partition coefficient (Wildman–Crippen LogP) is 4.66. The number of thioether (sulfide) groups is 1. The highest BCUT2D eigenvalue weighted by atomic mass is 32.2. The van der Waals surface area contributed by atoms with Gasteiger partial charge in [-0.25, -0.2) is 4.39 Å². The van der Waals surface area contributed by atoms with Crippen molar-refractivity contribution in [3.63, 3.8) is 0 Å². The summed E-state index contributed by atoms with van der Waals surface area (Å²) in [5.41, 5.74) is 4.37. The molecule has 4 nitrogen and oxygen atoms in total. The number of hydrogen-bond acceptors (Lipinski definition) is 4. The van der Waals surface area contributed by atoms with E-state index in [4.69, 9.17) is 0 Å². The number of anilines is 1. The van der Waals surface area contributed by atoms with Gasteiger partial charge in [-0.05, 0) is 48.7 Å². The van der Waals surface area contributed by atoms with E-state index in [0.717, 1.165) is 5.69 Å². The zero-order valence-corrected chi connectivity index (χ0v) is 16.6. The van der Waals surface area contributed by atoms with Crippen molar-refractivity contribution in [2.45, 2.75) is 26.2 Å². The second-order valence-electron chi connectivity index (χ2n) is 7.15. The van der Waals surface area contributed by atoms with E-state index in [9.17, 15) is 14.4 Å². The van der Waals surface area contributed by atoms with Crippen LogP contribution >= 0.6 is 11.8 Å². The standard InChI is InChI=1S/C22H20FN3OS/c1-14-7-8-16(9-15(14)2)25-12-26-21(27)10-18(17-5-3-4-6-20(17)23)19(11-24)22(26)28-13-25/h3-9,18H,10,12-13H2,1-2H3. The molecule has 4 rings (SSSR count). The van der Waals surface area contributed by atoms with E-state index in [1.807, 2.05) is 0 Å². The molecule has 1 amide bonds. The van der Waals surface area contributed by atoms with Crippen molar-refractivity contribution in [2.24, 2.45) is 0 Å². The molecule has 1 unspecified atom stereocenters. The Balaban J connectivity index is 1.68. The molecule has 0 N–H and O–H groups in total. The topological polar surface area (TPSA) is 47.3 Å². The van der Waals surface area contributed by atoms with Crippen molar-refractivity contribution in [2.75, 3.05) is 17.4 Å². The third-order valence-corrected chi connectivity index (χ3v) is 6.58. The monoisotopic (exact) mass is 393 g/mol. The van der Waals surface area contributed by atoms with E-state index < -0.39 is 5.92 Å². The lowest BCUT2D eigenvalue weighted by Gasteiger charge is -2.42. The van der Waals surface area contributed by atoms with Gasteiger partial charge in [0.2, 0.25) is 5.91 Å². The van der Waals surface area contributed by atoms with Crippen LogP contribution in [0.5, 0.6) is 0 Å². The molecule has 2 aromatic rings. The highest BCUT2D eigenvalue weighted by Gasteiger charge is 2.39. The first-order chi connectivity index (χ1) is 13.5. The summed E-state index contributed by atoms with van der Waals surface area (Å²) in [5.74, 6) is -0.342. The van der Waals surface area contributed by atoms with Crippen molar-refractivity contribution in [1.82, 2.24) is 4.90 Å². The number of hydrogen-bond donors (Lipinski definition) is 0. The van der Waals surface area contributed by atoms with Gasteiger partial charge in [-0.15, -0.1) is 0 Å². The first-order valence-electron chi connectivity index (χ1n) is 9.13. The SMILES string of the molecule is Cc1ccc(N2CSC3=C(C#N)C(c4ccccc4F)CC(=O)N3C2)cc1C. The molecule has 0 spiro atoms. The molecule has 2 aliphatic heterocycles. The number of amides is 1. The fourth-order valence-electron chi connectivity index (χ4n) is 3.67. The van der Waals surface area contributed by atoms with Crippen LogP contribution in [0, 0.1) is 31.0 Å². The minimum Gasteiger partial charge on any atom is -0.344 e. The zero-order valence-electron chi connectivity index (χ0n) is 15.8. The van der Waals surface area contributed by atoms with Gasteiger partial charge >= 0.3 is 0 Å². The Kier molecular flexibility index (Phi) is 4.86. The minimum atomic E-state index is -0.523. The first-order valence-corrected chi connectivity index (χ1v) is 10.1. The van der Waals surface area contributed by atoms with Crippen LogP contribution in [-0.4, -0.2) is 23.4 Å². The molecule has 2 aromatic carbocycles. The fourth-order valence-corrected chi connectivity index (χ4v) is 4.84. The Bertz CT molecular complexity index is 1030. The van der Waals surface area contributed by atoms with Crippen LogP contribution in [0.25, 0.3) is 0 Å². The van der Waals surface area contributed by atoms with Crippen molar-refractivity contribution < 1.29 is 9.18 Å². The highest BCUT2D eigenvalue weighted by molar-refractivity contribution is 8.03. The van der Waals surface area contributed by atoms with Crippen LogP contribution in [0.15, 0.2) is 53.1 Å². The molecule has 0 saturated carbocycles. The Morgan fingerprint density at radius 2 is 1.96 bits per heavy atom. The van der Waals surface area contributed by atoms with Gasteiger partial charge in [-0.3, -0.25) is 9.69 Å². The van der Waals surface area contributed by atoms with Crippen molar-refractivity contribution in [1.29, 1.82) is 5.26 Å². The van der Waals surface area contributed by atoms with Gasteiger partial charge in [-0.1, -0.05) is 36.0 Å². The lowest BCUT2D eigenvalue weighted by molar-refractivity contribution is -0.129. The van der Waals surface area contributed by atoms with Crippen LogP contribution in [0.4, 0.5) is 10.1 Å². The summed E-state index contributed by atoms with van der Waals surface area (Å²) in [6, 6.07) is 14.9. The largest absolute Gasteiger partial charge is 0.344 e. The Morgan fingerprint density at radius 3 is 2.68 bits per heavy atom. The molecule has 0 radical (unpaired) electrons. The summed E-state index contributed by atoms with van der Waals surface area (Å²) >= 11 is 1.47. The number of carbonyl (C=O) groups is 1. The summed E-state index contributed by atoms with van der Waals surface area (Å²) in [5, 5.41) is 10.5. The number of benzene rings is 2. The smallest absolute Gasteiger partial charge is 0.229 e. The zero-order chi connectivity index (χ0) is 19.8. The lowest BCUT2D eigenvalue weighted by Crippen LogP contribution is -2.47. The highest BCUT2D eigenvalue weighted by Crippen LogP contribution is 2.43. The number of nitrogens with zero attached hydrogens (tertiary/aromatic N) is 3. The van der Waals surface area contributed by atoms with Gasteiger partial charge in [0.25, 0.3) is 0 Å². The summed E-state index contributed by atoms with van der Waals surface area (Å²) in [6.45, 7) is 4.54. The second kappa shape index (κ2) is 7.33. The maximum absolute atomic E-state index is 14.3. The molecule has 1 fully saturated rings. The van der Waals surface area contributed by atoms with Gasteiger partial charge in [0.15, 0.2) is 0 Å². The second-order valence-corrected chi connectivity index (χ2v) is 8.09. The van der Waals surface area contributed by atoms with Gasteiger partial charge in [0.1, 0.15) is 5.82 Å². The Labute approximate surface area is 168 Å². The molecule has 142 valence electrons. The molecule has 2 heterocycles. The summed E-state index contributed by atoms with van der Waals surface area (Å²) in [7, 11) is 0. The molecule has 2 aliphatic rings. The number of halogens is 1. The fraction of sp³-hybridized carbons (Fsp3) is 0.273. The predicted molar refractivity (Wildman–Crippen MR) is 109 cm³/mol. The maximum atomic E-state index is 14.3. The maximum Gasteiger partial charge on any atom is 0.229 e. The number of allylic oxidation sites excluding steroid dienone is 1. The van der Waals surface area contributed by atoms with E-state index in [2.05, 4.69) is 43.0 Å². The van der Waals surface area contributed by atoms with E-state index in [0.29, 0.717) is 28.7 Å². The van der Waals surface area contributed by atoms with E-state index in [1.54, 1.807) is 23.1 Å². The van der Waals surface area contributed by atoms with Gasteiger partial charge in [0.05, 0.1) is 29.2 Å². The van der Waals surface area contributed by atoms with Crippen molar-refractivity contribution >= 4 is 23.4 Å². The normalized spacial score (nSPS) is 19.5. The summed E-state index contributed by atoms with van der Waals surface area (Å²) in [4.78, 5) is 16.7. The number of carbonyl (C=O) groups excluding carboxylic acids is 1. The van der Waals surface area contributed by atoms with E-state index >= 15 is 0 Å². The molecule has 1 atom stereocenters. The molecular weight excluding hydrogens is 373 g/mol. The molecule has 6 heteroatoms. The third kappa shape index (κ3) is 3.16. The van der Waals surface area contributed by atoms with E-state index in [1.165, 1.54) is 29.0 Å². The average Bonchev–Trinajstić information content (AvgIpc) is 2.70. The van der Waals surface area contributed by atoms with Gasteiger partial charge in [0, 0.05) is 18.0 Å². The van der Waals surface area contributed by atoms with Crippen LogP contribution in [-0.2, 0) is 4.79 Å². The van der Waals surface area contributed by atoms with Gasteiger partial charge in [-0.2, -0.15) is 5.26 Å². The van der Waals surface area contributed by atoms with Crippen LogP contribution in [0.2, 0.25) is 0 Å². The third-order valence-electron chi connectivity index (χ3n) is 5.43. The lowest BCUT2D eigenvalue weighted by atomic mass is 9.86. The molecular formula is C22H20FN3OS. The number of aryl methyl sites for hydroxylation is 2. The van der Waals surface area contributed by atoms with E-state index in [-0.39, 0.29) is 18.1 Å². The van der Waals surface area contributed by atoms with Gasteiger partial charge < -0.3 is 4.90 Å². The molecule has 0 aromatic heterocycles. The first kappa shape index (κ1) is 18.6. The van der Waals surface area contributed by atoms with Crippen molar-refractivity contribution in [3.8, 4) is 6.07 Å².